The highest BCUT2D eigenvalue weighted by molar-refractivity contribution is 5.36. The molecule has 3 nitrogen and oxygen atoms in total. The standard InChI is InChI=1S/C9H12F2N2O/c1-6(5-14-2)13-9-8(11)3-7(10)4-12-9/h3-4,6H,5H2,1-2H3,(H,12,13). The van der Waals surface area contributed by atoms with Crippen molar-refractivity contribution in [2.75, 3.05) is 19.0 Å². The maximum absolute atomic E-state index is 13.0. The topological polar surface area (TPSA) is 34.1 Å². The van der Waals surface area contributed by atoms with Gasteiger partial charge in [-0.2, -0.15) is 0 Å². The van der Waals surface area contributed by atoms with E-state index in [4.69, 9.17) is 4.74 Å². The monoisotopic (exact) mass is 202 g/mol. The zero-order chi connectivity index (χ0) is 10.6. The maximum Gasteiger partial charge on any atom is 0.168 e. The zero-order valence-electron chi connectivity index (χ0n) is 8.05. The summed E-state index contributed by atoms with van der Waals surface area (Å²) in [5, 5.41) is 2.76. The number of halogens is 2. The highest BCUT2D eigenvalue weighted by Crippen LogP contribution is 2.11. The van der Waals surface area contributed by atoms with Crippen LogP contribution in [-0.4, -0.2) is 24.7 Å². The first-order valence-corrected chi connectivity index (χ1v) is 4.20. The van der Waals surface area contributed by atoms with E-state index < -0.39 is 11.6 Å². The van der Waals surface area contributed by atoms with E-state index in [2.05, 4.69) is 10.3 Å². The minimum atomic E-state index is -0.701. The molecule has 1 N–H and O–H groups in total. The number of methoxy groups -OCH3 is 1. The first-order valence-electron chi connectivity index (χ1n) is 4.20. The van der Waals surface area contributed by atoms with Gasteiger partial charge in [-0.3, -0.25) is 0 Å². The molecular weight excluding hydrogens is 190 g/mol. The number of hydrogen-bond donors (Lipinski definition) is 1. The summed E-state index contributed by atoms with van der Waals surface area (Å²) in [5.41, 5.74) is 0. The van der Waals surface area contributed by atoms with Gasteiger partial charge < -0.3 is 10.1 Å². The van der Waals surface area contributed by atoms with Crippen molar-refractivity contribution in [2.45, 2.75) is 13.0 Å². The first-order chi connectivity index (χ1) is 6.63. The van der Waals surface area contributed by atoms with E-state index in [1.807, 2.05) is 6.92 Å². The van der Waals surface area contributed by atoms with E-state index in [0.717, 1.165) is 12.3 Å². The van der Waals surface area contributed by atoms with Gasteiger partial charge in [0, 0.05) is 19.2 Å². The Morgan fingerprint density at radius 3 is 2.86 bits per heavy atom. The Kier molecular flexibility index (Phi) is 3.76. The lowest BCUT2D eigenvalue weighted by Gasteiger charge is -2.13. The number of aromatic nitrogens is 1. The van der Waals surface area contributed by atoms with Gasteiger partial charge in [0.2, 0.25) is 0 Å². The molecular formula is C9H12F2N2O. The van der Waals surface area contributed by atoms with Gasteiger partial charge in [0.15, 0.2) is 11.6 Å². The quantitative estimate of drug-likeness (QED) is 0.808. The van der Waals surface area contributed by atoms with Gasteiger partial charge in [-0.1, -0.05) is 0 Å². The van der Waals surface area contributed by atoms with E-state index in [9.17, 15) is 8.78 Å². The zero-order valence-corrected chi connectivity index (χ0v) is 8.05. The Morgan fingerprint density at radius 2 is 2.29 bits per heavy atom. The fraction of sp³-hybridized carbons (Fsp3) is 0.444. The van der Waals surface area contributed by atoms with Crippen molar-refractivity contribution in [1.82, 2.24) is 4.98 Å². The molecule has 0 spiro atoms. The molecule has 1 unspecified atom stereocenters. The molecule has 1 aromatic rings. The fourth-order valence-corrected chi connectivity index (χ4v) is 1.05. The van der Waals surface area contributed by atoms with E-state index in [1.54, 1.807) is 7.11 Å². The number of rotatable bonds is 4. The smallest absolute Gasteiger partial charge is 0.168 e. The summed E-state index contributed by atoms with van der Waals surface area (Å²) in [6.07, 6.45) is 0.963. The highest BCUT2D eigenvalue weighted by Gasteiger charge is 2.08. The number of nitrogens with zero attached hydrogens (tertiary/aromatic N) is 1. The van der Waals surface area contributed by atoms with Gasteiger partial charge in [-0.25, -0.2) is 13.8 Å². The van der Waals surface area contributed by atoms with Crippen molar-refractivity contribution in [2.24, 2.45) is 0 Å². The summed E-state index contributed by atoms with van der Waals surface area (Å²) >= 11 is 0. The Labute approximate surface area is 81.1 Å². The molecule has 0 saturated carbocycles. The second kappa shape index (κ2) is 4.85. The van der Waals surface area contributed by atoms with Crippen LogP contribution >= 0.6 is 0 Å². The van der Waals surface area contributed by atoms with Crippen molar-refractivity contribution in [3.8, 4) is 0 Å². The Bertz CT molecular complexity index is 307. The lowest BCUT2D eigenvalue weighted by molar-refractivity contribution is 0.190. The molecule has 0 radical (unpaired) electrons. The summed E-state index contributed by atoms with van der Waals surface area (Å²) in [4.78, 5) is 3.58. The number of hydrogen-bond acceptors (Lipinski definition) is 3. The van der Waals surface area contributed by atoms with Crippen LogP contribution in [0.1, 0.15) is 6.92 Å². The van der Waals surface area contributed by atoms with Gasteiger partial charge in [0.05, 0.1) is 12.8 Å². The molecule has 0 saturated heterocycles. The Balaban J connectivity index is 2.67. The van der Waals surface area contributed by atoms with Gasteiger partial charge in [0.25, 0.3) is 0 Å². The van der Waals surface area contributed by atoms with Crippen molar-refractivity contribution in [3.05, 3.63) is 23.9 Å². The van der Waals surface area contributed by atoms with E-state index >= 15 is 0 Å². The van der Waals surface area contributed by atoms with E-state index in [1.165, 1.54) is 0 Å². The fourth-order valence-electron chi connectivity index (χ4n) is 1.05. The molecule has 0 aliphatic carbocycles. The van der Waals surface area contributed by atoms with Crippen LogP contribution in [0.5, 0.6) is 0 Å². The van der Waals surface area contributed by atoms with Crippen molar-refractivity contribution >= 4 is 5.82 Å². The molecule has 0 aliphatic rings. The molecule has 1 heterocycles. The van der Waals surface area contributed by atoms with Crippen LogP contribution in [-0.2, 0) is 4.74 Å². The number of anilines is 1. The summed E-state index contributed by atoms with van der Waals surface area (Å²) in [5.74, 6) is -1.35. The third-order valence-corrected chi connectivity index (χ3v) is 1.61. The predicted octanol–water partition coefficient (Wildman–Crippen LogP) is 1.81. The van der Waals surface area contributed by atoms with Crippen LogP contribution < -0.4 is 5.32 Å². The highest BCUT2D eigenvalue weighted by atomic mass is 19.1. The normalized spacial score (nSPS) is 12.6. The van der Waals surface area contributed by atoms with E-state index in [0.29, 0.717) is 6.61 Å². The van der Waals surface area contributed by atoms with Crippen LogP contribution in [0.15, 0.2) is 12.3 Å². The second-order valence-corrected chi connectivity index (χ2v) is 2.98. The molecule has 14 heavy (non-hydrogen) atoms. The summed E-state index contributed by atoms with van der Waals surface area (Å²) in [6, 6.07) is 0.710. The molecule has 1 aromatic heterocycles. The Morgan fingerprint density at radius 1 is 1.57 bits per heavy atom. The van der Waals surface area contributed by atoms with Crippen LogP contribution in [0, 0.1) is 11.6 Å². The average Bonchev–Trinajstić information content (AvgIpc) is 2.10. The molecule has 0 fully saturated rings. The third-order valence-electron chi connectivity index (χ3n) is 1.61. The maximum atomic E-state index is 13.0. The predicted molar refractivity (Wildman–Crippen MR) is 49.1 cm³/mol. The molecule has 0 aliphatic heterocycles. The third kappa shape index (κ3) is 2.92. The number of ether oxygens (including phenoxy) is 1. The second-order valence-electron chi connectivity index (χ2n) is 2.98. The van der Waals surface area contributed by atoms with Crippen LogP contribution in [0.25, 0.3) is 0 Å². The summed E-state index contributed by atoms with van der Waals surface area (Å²) < 4.78 is 30.4. The lowest BCUT2D eigenvalue weighted by Crippen LogP contribution is -2.22. The number of pyridine rings is 1. The minimum absolute atomic E-state index is 0.0379. The molecule has 5 heteroatoms. The van der Waals surface area contributed by atoms with Gasteiger partial charge >= 0.3 is 0 Å². The van der Waals surface area contributed by atoms with E-state index in [-0.39, 0.29) is 11.9 Å². The van der Waals surface area contributed by atoms with Crippen LogP contribution in [0.3, 0.4) is 0 Å². The largest absolute Gasteiger partial charge is 0.383 e. The lowest BCUT2D eigenvalue weighted by atomic mass is 10.3. The van der Waals surface area contributed by atoms with Gasteiger partial charge in [-0.15, -0.1) is 0 Å². The van der Waals surface area contributed by atoms with Gasteiger partial charge in [0.1, 0.15) is 5.82 Å². The summed E-state index contributed by atoms with van der Waals surface area (Å²) in [7, 11) is 1.55. The van der Waals surface area contributed by atoms with Crippen molar-refractivity contribution in [3.63, 3.8) is 0 Å². The van der Waals surface area contributed by atoms with Crippen LogP contribution in [0.4, 0.5) is 14.6 Å². The van der Waals surface area contributed by atoms with Crippen molar-refractivity contribution < 1.29 is 13.5 Å². The molecule has 78 valence electrons. The average molecular weight is 202 g/mol. The summed E-state index contributed by atoms with van der Waals surface area (Å²) in [6.45, 7) is 2.24. The minimum Gasteiger partial charge on any atom is -0.383 e. The SMILES string of the molecule is COCC(C)Nc1ncc(F)cc1F. The molecule has 0 bridgehead atoms. The molecule has 1 rings (SSSR count). The molecule has 0 amide bonds. The number of nitrogens with one attached hydrogen (secondary N) is 1. The van der Waals surface area contributed by atoms with Gasteiger partial charge in [-0.05, 0) is 6.92 Å². The first kappa shape index (κ1) is 10.8. The van der Waals surface area contributed by atoms with Crippen LogP contribution in [0.2, 0.25) is 0 Å². The molecule has 0 aromatic carbocycles. The Hall–Kier alpha value is -1.23. The molecule has 1 atom stereocenters. The van der Waals surface area contributed by atoms with Crippen molar-refractivity contribution in [1.29, 1.82) is 0 Å².